The highest BCUT2D eigenvalue weighted by molar-refractivity contribution is 7.98. The molecule has 2 aromatic heterocycles. The molecule has 9 nitrogen and oxygen atoms in total. The third-order valence-electron chi connectivity index (χ3n) is 6.49. The molecular weight excluding hydrogens is 562 g/mol. The topological polar surface area (TPSA) is 117 Å². The second kappa shape index (κ2) is 11.7. The Bertz CT molecular complexity index is 1850. The summed E-state index contributed by atoms with van der Waals surface area (Å²) in [5, 5.41) is 11.5. The van der Waals surface area contributed by atoms with E-state index in [-0.39, 0.29) is 23.8 Å². The lowest BCUT2D eigenvalue weighted by atomic mass is 9.96. The van der Waals surface area contributed by atoms with Crippen LogP contribution in [0.4, 0.5) is 5.69 Å². The summed E-state index contributed by atoms with van der Waals surface area (Å²) in [7, 11) is 0. The number of aromatic nitrogens is 1. The molecular formula is C30H27N3O6S2. The first-order valence-corrected chi connectivity index (χ1v) is 14.9. The van der Waals surface area contributed by atoms with Crippen molar-refractivity contribution in [3.05, 3.63) is 113 Å². The van der Waals surface area contributed by atoms with E-state index in [2.05, 4.69) is 4.99 Å². The van der Waals surface area contributed by atoms with E-state index in [0.717, 1.165) is 10.5 Å². The number of fused-ring (bicyclic) bond motifs is 1. The van der Waals surface area contributed by atoms with E-state index >= 15 is 0 Å². The Morgan fingerprint density at radius 3 is 2.61 bits per heavy atom. The lowest BCUT2D eigenvalue weighted by Gasteiger charge is -2.25. The smallest absolute Gasteiger partial charge is 0.338 e. The van der Waals surface area contributed by atoms with E-state index < -0.39 is 16.9 Å². The van der Waals surface area contributed by atoms with Crippen LogP contribution in [0.25, 0.3) is 17.4 Å². The minimum Gasteiger partial charge on any atom is -0.462 e. The summed E-state index contributed by atoms with van der Waals surface area (Å²) >= 11 is 2.78. The van der Waals surface area contributed by atoms with E-state index in [0.29, 0.717) is 37.7 Å². The molecule has 210 valence electrons. The summed E-state index contributed by atoms with van der Waals surface area (Å²) in [6.07, 6.45) is 3.57. The van der Waals surface area contributed by atoms with Crippen molar-refractivity contribution in [2.24, 2.45) is 10.9 Å². The van der Waals surface area contributed by atoms with Crippen molar-refractivity contribution in [2.45, 2.75) is 31.7 Å². The Balaban J connectivity index is 1.61. The van der Waals surface area contributed by atoms with Crippen LogP contribution in [0.5, 0.6) is 0 Å². The quantitative estimate of drug-likeness (QED) is 0.118. The van der Waals surface area contributed by atoms with Gasteiger partial charge in [0.2, 0.25) is 0 Å². The number of hydrogen-bond acceptors (Lipinski definition) is 9. The third kappa shape index (κ3) is 5.68. The number of nitro benzene ring substituents is 1. The number of benzene rings is 2. The standard InChI is InChI=1S/C30H27N3O6S2/c1-17(2)16-38-29(35)26-18(3)31-30-32(27(26)19-9-12-21(40-4)13-10-19)28(34)25(41-30)15-20-11-14-24(39-20)22-7-5-6-8-23(22)33(36)37/h5-15,17,27H,16H2,1-4H3. The lowest BCUT2D eigenvalue weighted by molar-refractivity contribution is -0.384. The van der Waals surface area contributed by atoms with Crippen LogP contribution >= 0.6 is 23.1 Å². The number of carbonyl (C=O) groups excluding carboxylic acids is 1. The van der Waals surface area contributed by atoms with E-state index in [4.69, 9.17) is 9.15 Å². The van der Waals surface area contributed by atoms with Crippen molar-refractivity contribution in [1.82, 2.24) is 4.57 Å². The Labute approximate surface area is 243 Å². The fourth-order valence-corrected chi connectivity index (χ4v) is 5.98. The molecule has 0 N–H and O–H groups in total. The number of thioether (sulfide) groups is 1. The maximum absolute atomic E-state index is 13.9. The molecule has 1 aliphatic heterocycles. The van der Waals surface area contributed by atoms with E-state index in [9.17, 15) is 19.7 Å². The number of hydrogen-bond donors (Lipinski definition) is 0. The number of thiazole rings is 1. The molecule has 3 heterocycles. The zero-order valence-electron chi connectivity index (χ0n) is 22.8. The van der Waals surface area contributed by atoms with Gasteiger partial charge in [0.15, 0.2) is 4.80 Å². The third-order valence-corrected chi connectivity index (χ3v) is 8.21. The average molecular weight is 590 g/mol. The molecule has 41 heavy (non-hydrogen) atoms. The van der Waals surface area contributed by atoms with Gasteiger partial charge in [0.25, 0.3) is 11.2 Å². The number of rotatable bonds is 8. The number of furan rings is 1. The number of para-hydroxylation sites is 1. The summed E-state index contributed by atoms with van der Waals surface area (Å²) < 4.78 is 13.4. The molecule has 0 aliphatic carbocycles. The van der Waals surface area contributed by atoms with Gasteiger partial charge in [0.05, 0.1) is 38.9 Å². The molecule has 0 bridgehead atoms. The molecule has 11 heteroatoms. The largest absolute Gasteiger partial charge is 0.462 e. The van der Waals surface area contributed by atoms with Crippen LogP contribution in [0.15, 0.2) is 91.0 Å². The van der Waals surface area contributed by atoms with Gasteiger partial charge in [0, 0.05) is 17.0 Å². The summed E-state index contributed by atoms with van der Waals surface area (Å²) in [4.78, 5) is 44.3. The molecule has 0 saturated heterocycles. The van der Waals surface area contributed by atoms with Crippen LogP contribution in [0.3, 0.4) is 0 Å². The number of nitro groups is 1. The van der Waals surface area contributed by atoms with Crippen LogP contribution in [0.1, 0.15) is 38.1 Å². The number of carbonyl (C=O) groups is 1. The molecule has 2 aromatic carbocycles. The zero-order valence-corrected chi connectivity index (χ0v) is 24.5. The van der Waals surface area contributed by atoms with Gasteiger partial charge in [0.1, 0.15) is 11.5 Å². The van der Waals surface area contributed by atoms with Crippen molar-refractivity contribution >= 4 is 40.8 Å². The number of ether oxygens (including phenoxy) is 1. The molecule has 0 amide bonds. The van der Waals surface area contributed by atoms with Crippen molar-refractivity contribution < 1.29 is 18.9 Å². The Kier molecular flexibility index (Phi) is 8.09. The van der Waals surface area contributed by atoms with E-state index in [1.165, 1.54) is 22.0 Å². The predicted molar refractivity (Wildman–Crippen MR) is 159 cm³/mol. The second-order valence-electron chi connectivity index (χ2n) is 9.82. The minimum atomic E-state index is -0.719. The second-order valence-corrected chi connectivity index (χ2v) is 11.7. The van der Waals surface area contributed by atoms with Gasteiger partial charge in [-0.1, -0.05) is 49.4 Å². The van der Waals surface area contributed by atoms with Gasteiger partial charge >= 0.3 is 5.97 Å². The van der Waals surface area contributed by atoms with Crippen molar-refractivity contribution in [1.29, 1.82) is 0 Å². The zero-order chi connectivity index (χ0) is 29.3. The van der Waals surface area contributed by atoms with E-state index in [1.807, 2.05) is 44.4 Å². The molecule has 0 radical (unpaired) electrons. The summed E-state index contributed by atoms with van der Waals surface area (Å²) in [5.74, 6) is 0.315. The minimum absolute atomic E-state index is 0.0763. The highest BCUT2D eigenvalue weighted by Crippen LogP contribution is 2.33. The molecule has 0 spiro atoms. The van der Waals surface area contributed by atoms with Crippen LogP contribution < -0.4 is 14.9 Å². The monoisotopic (exact) mass is 589 g/mol. The molecule has 1 aliphatic rings. The van der Waals surface area contributed by atoms with Gasteiger partial charge < -0.3 is 9.15 Å². The first kappa shape index (κ1) is 28.3. The first-order valence-electron chi connectivity index (χ1n) is 12.8. The van der Waals surface area contributed by atoms with Gasteiger partial charge in [-0.3, -0.25) is 19.5 Å². The predicted octanol–water partition coefficient (Wildman–Crippen LogP) is 5.32. The highest BCUT2D eigenvalue weighted by Gasteiger charge is 2.33. The highest BCUT2D eigenvalue weighted by atomic mass is 32.2. The van der Waals surface area contributed by atoms with Gasteiger partial charge in [-0.15, -0.1) is 11.8 Å². The number of allylic oxidation sites excluding steroid dienone is 1. The maximum Gasteiger partial charge on any atom is 0.338 e. The summed E-state index contributed by atoms with van der Waals surface area (Å²) in [6.45, 7) is 5.91. The van der Waals surface area contributed by atoms with Crippen LogP contribution in [0, 0.1) is 16.0 Å². The molecule has 5 rings (SSSR count). The van der Waals surface area contributed by atoms with Crippen LogP contribution in [0.2, 0.25) is 0 Å². The fourth-order valence-electron chi connectivity index (χ4n) is 4.55. The van der Waals surface area contributed by atoms with Crippen LogP contribution in [-0.4, -0.2) is 28.3 Å². The molecule has 4 aromatic rings. The van der Waals surface area contributed by atoms with Gasteiger partial charge in [-0.05, 0) is 55.0 Å². The number of nitrogens with zero attached hydrogens (tertiary/aromatic N) is 3. The van der Waals surface area contributed by atoms with Crippen molar-refractivity contribution in [3.8, 4) is 11.3 Å². The summed E-state index contributed by atoms with van der Waals surface area (Å²) in [5.41, 5.74) is 1.50. The SMILES string of the molecule is CSc1ccc(C2C(C(=O)OCC(C)C)=C(C)N=c3sc(=Cc4ccc(-c5ccccc5[N+](=O)[O-])o4)c(=O)n32)cc1. The van der Waals surface area contributed by atoms with Crippen molar-refractivity contribution in [3.63, 3.8) is 0 Å². The fraction of sp³-hybridized carbons (Fsp3) is 0.233. The molecule has 0 saturated carbocycles. The van der Waals surface area contributed by atoms with Gasteiger partial charge in [-0.25, -0.2) is 9.79 Å². The first-order chi connectivity index (χ1) is 19.7. The Morgan fingerprint density at radius 2 is 1.93 bits per heavy atom. The Hall–Kier alpha value is -4.22. The average Bonchev–Trinajstić information content (AvgIpc) is 3.55. The number of esters is 1. The molecule has 1 atom stereocenters. The molecule has 1 unspecified atom stereocenters. The van der Waals surface area contributed by atoms with Gasteiger partial charge in [-0.2, -0.15) is 0 Å². The maximum atomic E-state index is 13.9. The Morgan fingerprint density at radius 1 is 1.20 bits per heavy atom. The normalized spacial score (nSPS) is 15.1. The summed E-state index contributed by atoms with van der Waals surface area (Å²) in [6, 6.07) is 16.6. The van der Waals surface area contributed by atoms with Crippen LogP contribution in [-0.2, 0) is 9.53 Å². The van der Waals surface area contributed by atoms with E-state index in [1.54, 1.807) is 55.1 Å². The lowest BCUT2D eigenvalue weighted by Crippen LogP contribution is -2.40. The molecule has 0 fully saturated rings. The van der Waals surface area contributed by atoms with Crippen molar-refractivity contribution in [2.75, 3.05) is 12.9 Å².